The number of nitrogens with zero attached hydrogens (tertiary/aromatic N) is 1. The van der Waals surface area contributed by atoms with E-state index in [1.807, 2.05) is 0 Å². The minimum absolute atomic E-state index is 0.0367. The Bertz CT molecular complexity index is 760. The summed E-state index contributed by atoms with van der Waals surface area (Å²) in [5.74, 6) is -1.51. The van der Waals surface area contributed by atoms with Crippen LogP contribution in [0.3, 0.4) is 0 Å². The molecule has 1 N–H and O–H groups in total. The van der Waals surface area contributed by atoms with Crippen LogP contribution in [0.15, 0.2) is 18.2 Å². The van der Waals surface area contributed by atoms with Crippen LogP contribution in [0.25, 0.3) is 10.9 Å². The van der Waals surface area contributed by atoms with Crippen LogP contribution in [-0.2, 0) is 10.9 Å². The SMILES string of the molecule is CCOC(=O)c1c(C(C)Cl)nc2c(C(F)(F)F)cccc2c1O. The number of ether oxygens (including phenoxy) is 1. The molecule has 0 saturated heterocycles. The van der Waals surface area contributed by atoms with Crippen LogP contribution in [0, 0.1) is 0 Å². The summed E-state index contributed by atoms with van der Waals surface area (Å²) >= 11 is 5.93. The maximum absolute atomic E-state index is 13.1. The number of hydrogen-bond donors (Lipinski definition) is 1. The highest BCUT2D eigenvalue weighted by atomic mass is 35.5. The molecule has 0 spiro atoms. The molecule has 0 saturated carbocycles. The van der Waals surface area contributed by atoms with Gasteiger partial charge in [0, 0.05) is 5.39 Å². The molecule has 8 heteroatoms. The van der Waals surface area contributed by atoms with Gasteiger partial charge in [-0.2, -0.15) is 13.2 Å². The lowest BCUT2D eigenvalue weighted by atomic mass is 10.0. The molecule has 0 aliphatic rings. The molecular weight excluding hydrogens is 335 g/mol. The number of halogens is 4. The van der Waals surface area contributed by atoms with E-state index in [0.717, 1.165) is 12.1 Å². The second kappa shape index (κ2) is 6.23. The Hall–Kier alpha value is -2.02. The molecule has 4 nitrogen and oxygen atoms in total. The van der Waals surface area contributed by atoms with Crippen molar-refractivity contribution in [1.82, 2.24) is 4.98 Å². The van der Waals surface area contributed by atoms with Gasteiger partial charge >= 0.3 is 12.1 Å². The number of rotatable bonds is 3. The number of aromatic hydroxyl groups is 1. The van der Waals surface area contributed by atoms with Crippen molar-refractivity contribution in [2.24, 2.45) is 0 Å². The first kappa shape index (κ1) is 17.3. The van der Waals surface area contributed by atoms with E-state index in [4.69, 9.17) is 16.3 Å². The maximum atomic E-state index is 13.1. The highest BCUT2D eigenvalue weighted by Gasteiger charge is 2.35. The number of carbonyl (C=O) groups excluding carboxylic acids is 1. The minimum Gasteiger partial charge on any atom is -0.506 e. The van der Waals surface area contributed by atoms with E-state index in [-0.39, 0.29) is 23.3 Å². The van der Waals surface area contributed by atoms with Crippen LogP contribution >= 0.6 is 11.6 Å². The number of alkyl halides is 4. The number of hydrogen-bond acceptors (Lipinski definition) is 4. The summed E-state index contributed by atoms with van der Waals surface area (Å²) in [4.78, 5) is 15.9. The molecule has 1 unspecified atom stereocenters. The standard InChI is InChI=1S/C15H13ClF3NO3/c1-3-23-14(22)10-11(7(2)16)20-12-8(13(10)21)5-4-6-9(12)15(17,18)19/h4-7H,3H2,1-2H3,(H,20,21). The summed E-state index contributed by atoms with van der Waals surface area (Å²) in [7, 11) is 0. The predicted molar refractivity (Wildman–Crippen MR) is 78.6 cm³/mol. The van der Waals surface area contributed by atoms with Crippen molar-refractivity contribution < 1.29 is 27.8 Å². The second-order valence-corrected chi connectivity index (χ2v) is 5.41. The van der Waals surface area contributed by atoms with Crippen LogP contribution in [0.2, 0.25) is 0 Å². The lowest BCUT2D eigenvalue weighted by Crippen LogP contribution is -2.13. The highest BCUT2D eigenvalue weighted by Crippen LogP contribution is 2.40. The topological polar surface area (TPSA) is 59.4 Å². The number of para-hydroxylation sites is 1. The molecule has 0 aliphatic carbocycles. The van der Waals surface area contributed by atoms with Gasteiger partial charge in [-0.05, 0) is 26.0 Å². The molecular formula is C15H13ClF3NO3. The zero-order chi connectivity index (χ0) is 17.4. The van der Waals surface area contributed by atoms with Gasteiger partial charge in [-0.15, -0.1) is 11.6 Å². The molecule has 1 aromatic heterocycles. The summed E-state index contributed by atoms with van der Waals surface area (Å²) < 4.78 is 44.2. The molecule has 2 aromatic rings. The van der Waals surface area contributed by atoms with Gasteiger partial charge in [0.05, 0.1) is 28.8 Å². The highest BCUT2D eigenvalue weighted by molar-refractivity contribution is 6.21. The van der Waals surface area contributed by atoms with Gasteiger partial charge < -0.3 is 9.84 Å². The first-order chi connectivity index (χ1) is 10.7. The Labute approximate surface area is 134 Å². The van der Waals surface area contributed by atoms with Gasteiger partial charge in [-0.3, -0.25) is 0 Å². The Morgan fingerprint density at radius 2 is 2.09 bits per heavy atom. The third-order valence-corrected chi connectivity index (χ3v) is 3.38. The zero-order valence-electron chi connectivity index (χ0n) is 12.2. The summed E-state index contributed by atoms with van der Waals surface area (Å²) in [5, 5.41) is 9.21. The molecule has 1 atom stereocenters. The van der Waals surface area contributed by atoms with Crippen LogP contribution in [0.4, 0.5) is 13.2 Å². The largest absolute Gasteiger partial charge is 0.506 e. The van der Waals surface area contributed by atoms with E-state index in [2.05, 4.69) is 4.98 Å². The molecule has 0 radical (unpaired) electrons. The predicted octanol–water partition coefficient (Wildman–Crippen LogP) is 4.44. The van der Waals surface area contributed by atoms with Crippen LogP contribution in [0.5, 0.6) is 5.75 Å². The number of aromatic nitrogens is 1. The summed E-state index contributed by atoms with van der Waals surface area (Å²) in [6, 6.07) is 3.23. The van der Waals surface area contributed by atoms with Gasteiger partial charge in [-0.25, -0.2) is 9.78 Å². The smallest absolute Gasteiger partial charge is 0.418 e. The third kappa shape index (κ3) is 3.19. The second-order valence-electron chi connectivity index (χ2n) is 4.76. The Morgan fingerprint density at radius 1 is 1.43 bits per heavy atom. The molecule has 124 valence electrons. The molecule has 2 rings (SSSR count). The van der Waals surface area contributed by atoms with Gasteiger partial charge in [0.2, 0.25) is 0 Å². The fraction of sp³-hybridized carbons (Fsp3) is 0.333. The molecule has 0 fully saturated rings. The molecule has 0 aliphatic heterocycles. The summed E-state index contributed by atoms with van der Waals surface area (Å²) in [5.41, 5.74) is -1.96. The maximum Gasteiger partial charge on any atom is 0.418 e. The van der Waals surface area contributed by atoms with Crippen molar-refractivity contribution in [3.8, 4) is 5.75 Å². The van der Waals surface area contributed by atoms with Crippen LogP contribution in [-0.4, -0.2) is 22.7 Å². The quantitative estimate of drug-likeness (QED) is 0.659. The Balaban J connectivity index is 2.87. The molecule has 1 heterocycles. The molecule has 0 bridgehead atoms. The average molecular weight is 348 g/mol. The summed E-state index contributed by atoms with van der Waals surface area (Å²) in [6.45, 7) is 3.04. The van der Waals surface area contributed by atoms with Crippen molar-refractivity contribution in [3.05, 3.63) is 35.0 Å². The third-order valence-electron chi connectivity index (χ3n) is 3.18. The molecule has 0 amide bonds. The van der Waals surface area contributed by atoms with Gasteiger partial charge in [0.15, 0.2) is 0 Å². The van der Waals surface area contributed by atoms with Gasteiger partial charge in [0.1, 0.15) is 11.3 Å². The number of pyridine rings is 1. The first-order valence-corrected chi connectivity index (χ1v) is 7.16. The fourth-order valence-corrected chi connectivity index (χ4v) is 2.37. The van der Waals surface area contributed by atoms with E-state index in [9.17, 15) is 23.1 Å². The number of esters is 1. The number of fused-ring (bicyclic) bond motifs is 1. The van der Waals surface area contributed by atoms with Crippen molar-refractivity contribution in [1.29, 1.82) is 0 Å². The first-order valence-electron chi connectivity index (χ1n) is 6.72. The van der Waals surface area contributed by atoms with E-state index in [1.54, 1.807) is 6.92 Å². The molecule has 1 aromatic carbocycles. The van der Waals surface area contributed by atoms with Crippen LogP contribution in [0.1, 0.15) is 40.8 Å². The van der Waals surface area contributed by atoms with E-state index in [0.29, 0.717) is 0 Å². The van der Waals surface area contributed by atoms with Crippen molar-refractivity contribution in [2.45, 2.75) is 25.4 Å². The summed E-state index contributed by atoms with van der Waals surface area (Å²) in [6.07, 6.45) is -4.66. The number of carbonyl (C=O) groups is 1. The van der Waals surface area contributed by atoms with Gasteiger partial charge in [0.25, 0.3) is 0 Å². The Kier molecular flexibility index (Phi) is 4.70. The van der Waals surface area contributed by atoms with Crippen molar-refractivity contribution in [2.75, 3.05) is 6.61 Å². The van der Waals surface area contributed by atoms with Crippen molar-refractivity contribution >= 4 is 28.5 Å². The Morgan fingerprint density at radius 3 is 2.61 bits per heavy atom. The fourth-order valence-electron chi connectivity index (χ4n) is 2.21. The lowest BCUT2D eigenvalue weighted by Gasteiger charge is -2.16. The van der Waals surface area contributed by atoms with E-state index >= 15 is 0 Å². The van der Waals surface area contributed by atoms with Crippen LogP contribution < -0.4 is 0 Å². The lowest BCUT2D eigenvalue weighted by molar-refractivity contribution is -0.136. The number of benzene rings is 1. The van der Waals surface area contributed by atoms with E-state index in [1.165, 1.54) is 13.0 Å². The van der Waals surface area contributed by atoms with Crippen molar-refractivity contribution in [3.63, 3.8) is 0 Å². The normalized spacial score (nSPS) is 13.1. The monoisotopic (exact) mass is 347 g/mol. The van der Waals surface area contributed by atoms with Gasteiger partial charge in [-0.1, -0.05) is 6.07 Å². The zero-order valence-corrected chi connectivity index (χ0v) is 13.0. The average Bonchev–Trinajstić information content (AvgIpc) is 2.45. The molecule has 23 heavy (non-hydrogen) atoms. The van der Waals surface area contributed by atoms with E-state index < -0.39 is 34.4 Å². The minimum atomic E-state index is -4.66.